The van der Waals surface area contributed by atoms with E-state index in [9.17, 15) is 14.7 Å². The van der Waals surface area contributed by atoms with Crippen molar-refractivity contribution in [3.63, 3.8) is 0 Å². The first-order valence-corrected chi connectivity index (χ1v) is 10.1. The van der Waals surface area contributed by atoms with Gasteiger partial charge in [0.2, 0.25) is 0 Å². The SMILES string of the molecule is COc1ncc(-c2ccc(C(=O)N3[C@@H](c4ccccc4Cl)CC[C@H]3C(=O)O)cc2)cn1. The normalized spacial score (nSPS) is 18.1. The fraction of sp³-hybridized carbons (Fsp3) is 0.217. The number of carboxylic acids is 1. The number of carbonyl (C=O) groups excluding carboxylic acids is 1. The average molecular weight is 438 g/mol. The van der Waals surface area contributed by atoms with Crippen LogP contribution in [0.2, 0.25) is 5.02 Å². The molecule has 0 aliphatic carbocycles. The number of nitrogens with zero attached hydrogens (tertiary/aromatic N) is 3. The van der Waals surface area contributed by atoms with E-state index in [1.807, 2.05) is 18.2 Å². The van der Waals surface area contributed by atoms with Crippen LogP contribution in [0.15, 0.2) is 60.9 Å². The minimum Gasteiger partial charge on any atom is -0.480 e. The number of halogens is 1. The van der Waals surface area contributed by atoms with Crippen LogP contribution in [0.1, 0.15) is 34.8 Å². The number of hydrogen-bond acceptors (Lipinski definition) is 5. The molecular weight excluding hydrogens is 418 g/mol. The third kappa shape index (κ3) is 4.09. The van der Waals surface area contributed by atoms with Gasteiger partial charge in [-0.15, -0.1) is 0 Å². The molecule has 7 nitrogen and oxygen atoms in total. The fourth-order valence-corrected chi connectivity index (χ4v) is 4.17. The number of likely N-dealkylation sites (tertiary alicyclic amines) is 1. The molecule has 1 saturated heterocycles. The summed E-state index contributed by atoms with van der Waals surface area (Å²) in [7, 11) is 1.49. The summed E-state index contributed by atoms with van der Waals surface area (Å²) in [5.74, 6) is -1.36. The predicted octanol–water partition coefficient (Wildman–Crippen LogP) is 4.24. The van der Waals surface area contributed by atoms with Crippen LogP contribution in [0.5, 0.6) is 6.01 Å². The molecule has 0 unspecified atom stereocenters. The summed E-state index contributed by atoms with van der Waals surface area (Å²) >= 11 is 6.35. The molecule has 1 fully saturated rings. The largest absolute Gasteiger partial charge is 0.480 e. The van der Waals surface area contributed by atoms with E-state index in [0.29, 0.717) is 23.4 Å². The fourth-order valence-electron chi connectivity index (χ4n) is 3.91. The van der Waals surface area contributed by atoms with E-state index >= 15 is 0 Å². The summed E-state index contributed by atoms with van der Waals surface area (Å²) < 4.78 is 4.97. The lowest BCUT2D eigenvalue weighted by Crippen LogP contribution is -2.41. The van der Waals surface area contributed by atoms with Gasteiger partial charge in [-0.25, -0.2) is 14.8 Å². The number of amides is 1. The Morgan fingerprint density at radius 2 is 1.71 bits per heavy atom. The number of rotatable bonds is 5. The van der Waals surface area contributed by atoms with Crippen molar-refractivity contribution < 1.29 is 19.4 Å². The topological polar surface area (TPSA) is 92.6 Å². The monoisotopic (exact) mass is 437 g/mol. The molecule has 4 rings (SSSR count). The first-order valence-electron chi connectivity index (χ1n) is 9.76. The molecule has 2 aromatic carbocycles. The van der Waals surface area contributed by atoms with Gasteiger partial charge in [0, 0.05) is 28.5 Å². The Bertz CT molecular complexity index is 1100. The molecule has 1 aromatic heterocycles. The molecule has 1 amide bonds. The zero-order chi connectivity index (χ0) is 22.0. The van der Waals surface area contributed by atoms with Gasteiger partial charge in [0.25, 0.3) is 5.91 Å². The van der Waals surface area contributed by atoms with Crippen LogP contribution in [0, 0.1) is 0 Å². The lowest BCUT2D eigenvalue weighted by atomic mass is 10.0. The number of aromatic nitrogens is 2. The van der Waals surface area contributed by atoms with Crippen molar-refractivity contribution in [2.75, 3.05) is 7.11 Å². The van der Waals surface area contributed by atoms with Gasteiger partial charge >= 0.3 is 12.0 Å². The molecular formula is C23H20ClN3O4. The molecule has 3 aromatic rings. The van der Waals surface area contributed by atoms with Crippen LogP contribution in [-0.4, -0.2) is 45.0 Å². The molecule has 0 spiro atoms. The van der Waals surface area contributed by atoms with E-state index in [0.717, 1.165) is 16.7 Å². The molecule has 0 saturated carbocycles. The quantitative estimate of drug-likeness (QED) is 0.641. The number of carbonyl (C=O) groups is 2. The molecule has 1 aliphatic heterocycles. The van der Waals surface area contributed by atoms with E-state index in [-0.39, 0.29) is 11.9 Å². The molecule has 1 N–H and O–H groups in total. The summed E-state index contributed by atoms with van der Waals surface area (Å²) in [5.41, 5.74) is 2.77. The van der Waals surface area contributed by atoms with E-state index in [2.05, 4.69) is 9.97 Å². The minimum absolute atomic E-state index is 0.273. The van der Waals surface area contributed by atoms with Gasteiger partial charge in [-0.2, -0.15) is 0 Å². The zero-order valence-electron chi connectivity index (χ0n) is 16.7. The minimum atomic E-state index is -1.02. The van der Waals surface area contributed by atoms with Gasteiger partial charge in [-0.05, 0) is 42.2 Å². The van der Waals surface area contributed by atoms with Crippen molar-refractivity contribution in [1.82, 2.24) is 14.9 Å². The average Bonchev–Trinajstić information content (AvgIpc) is 3.24. The third-order valence-electron chi connectivity index (χ3n) is 5.44. The Morgan fingerprint density at radius 1 is 1.03 bits per heavy atom. The standard InChI is InChI=1S/C23H20ClN3O4/c1-31-23-25-12-16(13-26-23)14-6-8-15(9-7-14)21(28)27-19(10-11-20(27)22(29)30)17-4-2-3-5-18(17)24/h2-9,12-13,19-20H,10-11H2,1H3,(H,29,30)/t19-,20+/m1/s1. The lowest BCUT2D eigenvalue weighted by molar-refractivity contribution is -0.141. The maximum atomic E-state index is 13.4. The van der Waals surface area contributed by atoms with Crippen LogP contribution in [0.4, 0.5) is 0 Å². The van der Waals surface area contributed by atoms with Crippen molar-refractivity contribution in [2.45, 2.75) is 24.9 Å². The van der Waals surface area contributed by atoms with Crippen LogP contribution < -0.4 is 4.74 Å². The highest BCUT2D eigenvalue weighted by Gasteiger charge is 2.42. The maximum Gasteiger partial charge on any atom is 0.326 e. The molecule has 158 valence electrons. The Labute approximate surface area is 184 Å². The van der Waals surface area contributed by atoms with E-state index < -0.39 is 18.1 Å². The van der Waals surface area contributed by atoms with E-state index in [1.54, 1.807) is 42.7 Å². The number of benzene rings is 2. The Hall–Kier alpha value is -3.45. The number of carboxylic acid groups (broad SMARTS) is 1. The summed E-state index contributed by atoms with van der Waals surface area (Å²) in [6.45, 7) is 0. The van der Waals surface area contributed by atoms with Crippen LogP contribution >= 0.6 is 11.6 Å². The van der Waals surface area contributed by atoms with Crippen LogP contribution in [-0.2, 0) is 4.79 Å². The van der Waals surface area contributed by atoms with Gasteiger partial charge in [0.1, 0.15) is 6.04 Å². The highest BCUT2D eigenvalue weighted by Crippen LogP contribution is 2.40. The number of aliphatic carboxylic acids is 1. The molecule has 2 heterocycles. The molecule has 0 radical (unpaired) electrons. The first-order chi connectivity index (χ1) is 15.0. The lowest BCUT2D eigenvalue weighted by Gasteiger charge is -2.29. The Balaban J connectivity index is 1.63. The highest BCUT2D eigenvalue weighted by atomic mass is 35.5. The zero-order valence-corrected chi connectivity index (χ0v) is 17.5. The van der Waals surface area contributed by atoms with Crippen molar-refractivity contribution in [3.8, 4) is 17.1 Å². The van der Waals surface area contributed by atoms with Gasteiger partial charge < -0.3 is 14.7 Å². The number of hydrogen-bond donors (Lipinski definition) is 1. The Kier molecular flexibility index (Phi) is 5.86. The van der Waals surface area contributed by atoms with Crippen molar-refractivity contribution in [3.05, 3.63) is 77.1 Å². The van der Waals surface area contributed by atoms with E-state index in [4.69, 9.17) is 16.3 Å². The first kappa shape index (κ1) is 20.8. The van der Waals surface area contributed by atoms with Crippen LogP contribution in [0.3, 0.4) is 0 Å². The summed E-state index contributed by atoms with van der Waals surface area (Å²) in [6.07, 6.45) is 4.18. The highest BCUT2D eigenvalue weighted by molar-refractivity contribution is 6.31. The second-order valence-corrected chi connectivity index (χ2v) is 7.62. The van der Waals surface area contributed by atoms with Crippen LogP contribution in [0.25, 0.3) is 11.1 Å². The molecule has 8 heteroatoms. The smallest absolute Gasteiger partial charge is 0.326 e. The predicted molar refractivity (Wildman–Crippen MR) is 115 cm³/mol. The summed E-state index contributed by atoms with van der Waals surface area (Å²) in [6, 6.07) is 13.2. The molecule has 0 bridgehead atoms. The van der Waals surface area contributed by atoms with Gasteiger partial charge in [0.05, 0.1) is 13.2 Å². The van der Waals surface area contributed by atoms with Gasteiger partial charge in [-0.3, -0.25) is 4.79 Å². The third-order valence-corrected chi connectivity index (χ3v) is 5.79. The van der Waals surface area contributed by atoms with Crippen molar-refractivity contribution >= 4 is 23.5 Å². The second kappa shape index (κ2) is 8.73. The van der Waals surface area contributed by atoms with Crippen molar-refractivity contribution in [1.29, 1.82) is 0 Å². The van der Waals surface area contributed by atoms with Gasteiger partial charge in [0.15, 0.2) is 0 Å². The van der Waals surface area contributed by atoms with Crippen molar-refractivity contribution in [2.24, 2.45) is 0 Å². The van der Waals surface area contributed by atoms with Gasteiger partial charge in [-0.1, -0.05) is 41.9 Å². The molecule has 2 atom stereocenters. The van der Waals surface area contributed by atoms with E-state index in [1.165, 1.54) is 12.0 Å². The molecule has 31 heavy (non-hydrogen) atoms. The summed E-state index contributed by atoms with van der Waals surface area (Å²) in [5, 5.41) is 10.2. The number of ether oxygens (including phenoxy) is 1. The summed E-state index contributed by atoms with van der Waals surface area (Å²) in [4.78, 5) is 34.8. The second-order valence-electron chi connectivity index (χ2n) is 7.22. The maximum absolute atomic E-state index is 13.4. The Morgan fingerprint density at radius 3 is 2.32 bits per heavy atom. The number of methoxy groups -OCH3 is 1. The molecule has 1 aliphatic rings.